The number of rotatable bonds is 21. The molecule has 0 aliphatic carbocycles. The molecule has 4 rings (SSSR count). The van der Waals surface area contributed by atoms with Gasteiger partial charge in [0, 0.05) is 30.8 Å². The topological polar surface area (TPSA) is 60.0 Å². The average molecular weight is 659 g/mol. The van der Waals surface area contributed by atoms with Crippen LogP contribution < -0.4 is 10.1 Å². The Kier molecular flexibility index (Phi) is 16.3. The Balaban J connectivity index is 0.964. The summed E-state index contributed by atoms with van der Waals surface area (Å²) in [5.74, 6) is 0.905. The van der Waals surface area contributed by atoms with Crippen LogP contribution in [0.4, 0.5) is 10.5 Å². The summed E-state index contributed by atoms with van der Waals surface area (Å²) in [6.45, 7) is 7.10. The fourth-order valence-electron chi connectivity index (χ4n) is 6.62. The molecule has 0 spiro atoms. The van der Waals surface area contributed by atoms with Crippen LogP contribution in [0.15, 0.2) is 78.9 Å². The molecule has 7 nitrogen and oxygen atoms in total. The van der Waals surface area contributed by atoms with Crippen LogP contribution >= 0.6 is 0 Å². The van der Waals surface area contributed by atoms with Crippen LogP contribution in [0.3, 0.4) is 0 Å². The zero-order valence-corrected chi connectivity index (χ0v) is 29.8. The van der Waals surface area contributed by atoms with Gasteiger partial charge in [0.2, 0.25) is 0 Å². The van der Waals surface area contributed by atoms with E-state index in [2.05, 4.69) is 42.5 Å². The number of carbonyl (C=O) groups is 1. The van der Waals surface area contributed by atoms with Gasteiger partial charge >= 0.3 is 6.09 Å². The highest BCUT2D eigenvalue weighted by Gasteiger charge is 2.22. The summed E-state index contributed by atoms with van der Waals surface area (Å²) < 4.78 is 18.2. The number of methoxy groups -OCH3 is 1. The fraction of sp³-hybridized carbons (Fsp3) is 0.537. The van der Waals surface area contributed by atoms with E-state index in [0.717, 1.165) is 78.1 Å². The molecule has 0 aromatic heterocycles. The van der Waals surface area contributed by atoms with Crippen molar-refractivity contribution in [1.82, 2.24) is 4.90 Å². The molecule has 3 aromatic carbocycles. The number of carbonyl (C=O) groups excluding carboxylic acids is 1. The van der Waals surface area contributed by atoms with E-state index in [4.69, 9.17) is 14.2 Å². The Morgan fingerprint density at radius 1 is 0.771 bits per heavy atom. The number of likely N-dealkylation sites (tertiary alicyclic amines) is 1. The number of nitrogens with zero attached hydrogens (tertiary/aromatic N) is 2. The highest BCUT2D eigenvalue weighted by Crippen LogP contribution is 2.28. The van der Waals surface area contributed by atoms with Crippen LogP contribution in [0.2, 0.25) is 0 Å². The molecule has 0 unspecified atom stereocenters. The summed E-state index contributed by atoms with van der Waals surface area (Å²) in [5.41, 5.74) is 3.97. The van der Waals surface area contributed by atoms with E-state index in [0.29, 0.717) is 6.61 Å². The second kappa shape index (κ2) is 20.9. The number of piperidine rings is 1. The van der Waals surface area contributed by atoms with Gasteiger partial charge < -0.3 is 23.6 Å². The SMILES string of the molecule is COc1ccccc1COCCCCCC[N+](C)(C)CCCCCCCN1CCC(OC(=O)Nc2ccccc2-c2ccccc2)CC1. The minimum absolute atomic E-state index is 0.0179. The Hall–Kier alpha value is -3.39. The van der Waals surface area contributed by atoms with E-state index >= 15 is 0 Å². The van der Waals surface area contributed by atoms with Crippen LogP contribution in [-0.4, -0.2) is 82.1 Å². The zero-order chi connectivity index (χ0) is 33.9. The van der Waals surface area contributed by atoms with Crippen molar-refractivity contribution in [2.45, 2.75) is 83.3 Å². The quantitative estimate of drug-likeness (QED) is 0.0914. The summed E-state index contributed by atoms with van der Waals surface area (Å²) in [7, 11) is 6.48. The number of nitrogens with one attached hydrogen (secondary N) is 1. The second-order valence-electron chi connectivity index (χ2n) is 13.9. The maximum absolute atomic E-state index is 12.7. The lowest BCUT2D eigenvalue weighted by molar-refractivity contribution is -0.890. The number of para-hydroxylation sites is 2. The van der Waals surface area contributed by atoms with E-state index in [-0.39, 0.29) is 12.2 Å². The van der Waals surface area contributed by atoms with E-state index < -0.39 is 0 Å². The first-order valence-electron chi connectivity index (χ1n) is 18.3. The molecule has 0 bridgehead atoms. The van der Waals surface area contributed by atoms with Gasteiger partial charge in [0.25, 0.3) is 0 Å². The normalized spacial score (nSPS) is 14.1. The number of amides is 1. The first kappa shape index (κ1) is 37.4. The molecule has 3 aromatic rings. The standard InChI is InChI=1S/C41H59N3O4/c1-44(2,32-18-7-8-19-33-47-34-36-22-12-15-25-40(36)46-3)31-17-6-4-5-16-28-43-29-26-37(27-30-43)48-41(45)42-39-24-14-13-23-38(39)35-20-10-9-11-21-35/h9-15,20-25,37H,4-8,16-19,26-34H2,1-3H3/p+1. The van der Waals surface area contributed by atoms with Gasteiger partial charge in [-0.2, -0.15) is 0 Å². The number of ether oxygens (including phenoxy) is 3. The second-order valence-corrected chi connectivity index (χ2v) is 13.9. The third kappa shape index (κ3) is 13.6. The van der Waals surface area contributed by atoms with Crippen molar-refractivity contribution >= 4 is 11.8 Å². The summed E-state index contributed by atoms with van der Waals surface area (Å²) in [4.78, 5) is 15.3. The van der Waals surface area contributed by atoms with Crippen molar-refractivity contribution in [2.24, 2.45) is 0 Å². The van der Waals surface area contributed by atoms with Gasteiger partial charge in [0.1, 0.15) is 11.9 Å². The molecule has 1 aliphatic heterocycles. The first-order chi connectivity index (χ1) is 23.4. The molecule has 1 amide bonds. The molecule has 1 saturated heterocycles. The lowest BCUT2D eigenvalue weighted by Gasteiger charge is -2.31. The molecule has 48 heavy (non-hydrogen) atoms. The lowest BCUT2D eigenvalue weighted by Crippen LogP contribution is -2.41. The van der Waals surface area contributed by atoms with E-state index in [1.165, 1.54) is 64.5 Å². The third-order valence-electron chi connectivity index (χ3n) is 9.55. The van der Waals surface area contributed by atoms with Crippen molar-refractivity contribution in [3.63, 3.8) is 0 Å². The summed E-state index contributed by atoms with van der Waals surface area (Å²) in [6.07, 6.45) is 12.8. The highest BCUT2D eigenvalue weighted by atomic mass is 16.6. The molecule has 1 heterocycles. The predicted octanol–water partition coefficient (Wildman–Crippen LogP) is 9.18. The molecule has 1 aliphatic rings. The molecular weight excluding hydrogens is 598 g/mol. The smallest absolute Gasteiger partial charge is 0.411 e. The Morgan fingerprint density at radius 2 is 1.40 bits per heavy atom. The van der Waals surface area contributed by atoms with Gasteiger partial charge in [0.15, 0.2) is 0 Å². The Labute approximate surface area is 290 Å². The monoisotopic (exact) mass is 658 g/mol. The van der Waals surface area contributed by atoms with Gasteiger partial charge in [-0.3, -0.25) is 5.32 Å². The molecule has 1 fully saturated rings. The van der Waals surface area contributed by atoms with Crippen LogP contribution in [0.25, 0.3) is 11.1 Å². The molecule has 1 N–H and O–H groups in total. The number of quaternary nitrogens is 1. The maximum Gasteiger partial charge on any atom is 0.411 e. The molecule has 7 heteroatoms. The number of anilines is 1. The maximum atomic E-state index is 12.7. The van der Waals surface area contributed by atoms with E-state index in [1.54, 1.807) is 7.11 Å². The Morgan fingerprint density at radius 3 is 2.15 bits per heavy atom. The van der Waals surface area contributed by atoms with Crippen molar-refractivity contribution in [3.8, 4) is 16.9 Å². The first-order valence-corrected chi connectivity index (χ1v) is 18.3. The van der Waals surface area contributed by atoms with Crippen LogP contribution in [0.1, 0.15) is 76.2 Å². The summed E-state index contributed by atoms with van der Waals surface area (Å²) in [5, 5.41) is 2.98. The van der Waals surface area contributed by atoms with Gasteiger partial charge in [-0.25, -0.2) is 4.79 Å². The third-order valence-corrected chi connectivity index (χ3v) is 9.55. The van der Waals surface area contributed by atoms with Gasteiger partial charge in [0.05, 0.1) is 46.6 Å². The molecule has 0 saturated carbocycles. The number of benzene rings is 3. The zero-order valence-electron chi connectivity index (χ0n) is 29.8. The molecule has 0 radical (unpaired) electrons. The minimum atomic E-state index is -0.360. The van der Waals surface area contributed by atoms with Gasteiger partial charge in [-0.05, 0) is 75.6 Å². The van der Waals surface area contributed by atoms with Crippen molar-refractivity contribution in [3.05, 3.63) is 84.4 Å². The minimum Gasteiger partial charge on any atom is -0.496 e. The molecule has 262 valence electrons. The van der Waals surface area contributed by atoms with Crippen LogP contribution in [0.5, 0.6) is 5.75 Å². The summed E-state index contributed by atoms with van der Waals surface area (Å²) in [6, 6.07) is 26.1. The van der Waals surface area contributed by atoms with Crippen LogP contribution in [-0.2, 0) is 16.1 Å². The fourth-order valence-corrected chi connectivity index (χ4v) is 6.62. The van der Waals surface area contributed by atoms with Gasteiger partial charge in [-0.1, -0.05) is 86.0 Å². The number of hydrogen-bond acceptors (Lipinski definition) is 5. The number of hydrogen-bond donors (Lipinski definition) is 1. The highest BCUT2D eigenvalue weighted by molar-refractivity contribution is 5.91. The molecule has 0 atom stereocenters. The van der Waals surface area contributed by atoms with E-state index in [1.807, 2.05) is 60.7 Å². The van der Waals surface area contributed by atoms with Crippen molar-refractivity contribution in [1.29, 1.82) is 0 Å². The number of unbranched alkanes of at least 4 members (excludes halogenated alkanes) is 7. The van der Waals surface area contributed by atoms with Crippen LogP contribution in [0, 0.1) is 0 Å². The Bertz CT molecular complexity index is 1320. The largest absolute Gasteiger partial charge is 0.496 e. The van der Waals surface area contributed by atoms with E-state index in [9.17, 15) is 4.79 Å². The lowest BCUT2D eigenvalue weighted by atomic mass is 10.0. The summed E-state index contributed by atoms with van der Waals surface area (Å²) >= 11 is 0. The average Bonchev–Trinajstić information content (AvgIpc) is 3.10. The predicted molar refractivity (Wildman–Crippen MR) is 197 cm³/mol. The van der Waals surface area contributed by atoms with Crippen molar-refractivity contribution in [2.75, 3.05) is 65.9 Å². The van der Waals surface area contributed by atoms with Crippen molar-refractivity contribution < 1.29 is 23.5 Å². The molecular formula is C41H60N3O4+. The van der Waals surface area contributed by atoms with Gasteiger partial charge in [-0.15, -0.1) is 0 Å².